The van der Waals surface area contributed by atoms with Crippen LogP contribution in [0.2, 0.25) is 0 Å². The van der Waals surface area contributed by atoms with Crippen LogP contribution in [0.4, 0.5) is 11.4 Å². The lowest BCUT2D eigenvalue weighted by atomic mass is 10.1. The Morgan fingerprint density at radius 3 is 2.52 bits per heavy atom. The maximum atomic E-state index is 11.9. The molecule has 0 bridgehead atoms. The molecular weight excluding hydrogens is 280 g/mol. The summed E-state index contributed by atoms with van der Waals surface area (Å²) in [7, 11) is 4.00. The molecule has 1 aromatic heterocycles. The van der Waals surface area contributed by atoms with E-state index in [1.54, 1.807) is 11.3 Å². The highest BCUT2D eigenvalue weighted by molar-refractivity contribution is 7.09. The Hall–Kier alpha value is -1.81. The zero-order valence-corrected chi connectivity index (χ0v) is 13.5. The third-order valence-electron chi connectivity index (χ3n) is 3.32. The number of thiophene rings is 1. The van der Waals surface area contributed by atoms with Crippen molar-refractivity contribution in [2.45, 2.75) is 25.7 Å². The second-order valence-electron chi connectivity index (χ2n) is 5.28. The van der Waals surface area contributed by atoms with E-state index >= 15 is 0 Å². The van der Waals surface area contributed by atoms with Crippen LogP contribution < -0.4 is 10.2 Å². The number of aryl methyl sites for hydroxylation is 1. The van der Waals surface area contributed by atoms with Crippen LogP contribution >= 0.6 is 11.3 Å². The molecule has 0 saturated carbocycles. The molecule has 112 valence electrons. The predicted molar refractivity (Wildman–Crippen MR) is 91.3 cm³/mol. The molecule has 4 heteroatoms. The van der Waals surface area contributed by atoms with Gasteiger partial charge in [-0.05, 0) is 55.0 Å². The fourth-order valence-electron chi connectivity index (χ4n) is 2.11. The molecule has 1 N–H and O–H groups in total. The normalized spacial score (nSPS) is 10.4. The molecule has 0 aliphatic carbocycles. The minimum atomic E-state index is 0.0961. The van der Waals surface area contributed by atoms with Crippen LogP contribution in [-0.2, 0) is 11.2 Å². The van der Waals surface area contributed by atoms with Gasteiger partial charge in [0.05, 0.1) is 0 Å². The number of carbonyl (C=O) groups is 1. The van der Waals surface area contributed by atoms with E-state index in [-0.39, 0.29) is 5.91 Å². The number of unbranched alkanes of at least 4 members (excludes halogenated alkanes) is 1. The average molecular weight is 302 g/mol. The summed E-state index contributed by atoms with van der Waals surface area (Å²) in [5.74, 6) is 0.0961. The molecular formula is C17H22N2OS. The van der Waals surface area contributed by atoms with Crippen LogP contribution in [0.25, 0.3) is 0 Å². The van der Waals surface area contributed by atoms with Gasteiger partial charge < -0.3 is 10.2 Å². The summed E-state index contributed by atoms with van der Waals surface area (Å²) in [4.78, 5) is 15.3. The summed E-state index contributed by atoms with van der Waals surface area (Å²) in [6, 6.07) is 12.1. The Bertz CT molecular complexity index is 547. The molecule has 0 saturated heterocycles. The first-order valence-electron chi connectivity index (χ1n) is 7.25. The summed E-state index contributed by atoms with van der Waals surface area (Å²) >= 11 is 1.78. The van der Waals surface area contributed by atoms with Crippen molar-refractivity contribution in [1.29, 1.82) is 0 Å². The lowest BCUT2D eigenvalue weighted by Crippen LogP contribution is -2.12. The molecule has 0 aliphatic heterocycles. The van der Waals surface area contributed by atoms with Gasteiger partial charge in [0.1, 0.15) is 0 Å². The van der Waals surface area contributed by atoms with Crippen LogP contribution in [-0.4, -0.2) is 20.0 Å². The molecule has 2 rings (SSSR count). The van der Waals surface area contributed by atoms with Gasteiger partial charge in [0.15, 0.2) is 0 Å². The Morgan fingerprint density at radius 1 is 1.14 bits per heavy atom. The van der Waals surface area contributed by atoms with Crippen LogP contribution in [0, 0.1) is 0 Å². The van der Waals surface area contributed by atoms with Gasteiger partial charge in [-0.3, -0.25) is 4.79 Å². The highest BCUT2D eigenvalue weighted by Gasteiger charge is 2.03. The average Bonchev–Trinajstić information content (AvgIpc) is 2.97. The Balaban J connectivity index is 1.69. The van der Waals surface area contributed by atoms with Gasteiger partial charge in [-0.2, -0.15) is 0 Å². The minimum Gasteiger partial charge on any atom is -0.378 e. The van der Waals surface area contributed by atoms with Crippen molar-refractivity contribution in [2.24, 2.45) is 0 Å². The van der Waals surface area contributed by atoms with Crippen molar-refractivity contribution in [3.63, 3.8) is 0 Å². The fourth-order valence-corrected chi connectivity index (χ4v) is 2.86. The lowest BCUT2D eigenvalue weighted by molar-refractivity contribution is -0.116. The number of carbonyl (C=O) groups excluding carboxylic acids is 1. The Morgan fingerprint density at radius 2 is 1.90 bits per heavy atom. The topological polar surface area (TPSA) is 32.3 Å². The Labute approximate surface area is 130 Å². The number of benzene rings is 1. The van der Waals surface area contributed by atoms with E-state index in [0.717, 1.165) is 30.6 Å². The molecule has 1 amide bonds. The van der Waals surface area contributed by atoms with Gasteiger partial charge in [-0.25, -0.2) is 0 Å². The molecule has 0 unspecified atom stereocenters. The molecule has 21 heavy (non-hydrogen) atoms. The molecule has 0 fully saturated rings. The van der Waals surface area contributed by atoms with E-state index in [9.17, 15) is 4.79 Å². The molecule has 2 aromatic rings. The first-order chi connectivity index (χ1) is 10.1. The molecule has 3 nitrogen and oxygen atoms in total. The zero-order valence-electron chi connectivity index (χ0n) is 12.6. The maximum absolute atomic E-state index is 11.9. The van der Waals surface area contributed by atoms with Gasteiger partial charge in [0, 0.05) is 36.8 Å². The quantitative estimate of drug-likeness (QED) is 0.779. The van der Waals surface area contributed by atoms with E-state index in [0.29, 0.717) is 6.42 Å². The number of amides is 1. The highest BCUT2D eigenvalue weighted by Crippen LogP contribution is 2.16. The summed E-state index contributed by atoms with van der Waals surface area (Å²) in [5, 5.41) is 5.04. The van der Waals surface area contributed by atoms with Crippen molar-refractivity contribution in [3.8, 4) is 0 Å². The van der Waals surface area contributed by atoms with Crippen molar-refractivity contribution in [2.75, 3.05) is 24.3 Å². The van der Waals surface area contributed by atoms with Crippen molar-refractivity contribution < 1.29 is 4.79 Å². The number of rotatable bonds is 7. The molecule has 0 radical (unpaired) electrons. The number of nitrogens with one attached hydrogen (secondary N) is 1. The predicted octanol–water partition coefficient (Wildman–Crippen LogP) is 4.17. The third kappa shape index (κ3) is 5.23. The Kier molecular flexibility index (Phi) is 5.81. The van der Waals surface area contributed by atoms with Gasteiger partial charge >= 0.3 is 0 Å². The number of anilines is 2. The zero-order chi connectivity index (χ0) is 15.1. The fraction of sp³-hybridized carbons (Fsp3) is 0.353. The first kappa shape index (κ1) is 15.6. The summed E-state index contributed by atoms with van der Waals surface area (Å²) in [6.45, 7) is 0. The number of hydrogen-bond donors (Lipinski definition) is 1. The molecule has 0 aliphatic rings. The largest absolute Gasteiger partial charge is 0.378 e. The van der Waals surface area contributed by atoms with Crippen LogP contribution in [0.1, 0.15) is 24.1 Å². The van der Waals surface area contributed by atoms with E-state index in [4.69, 9.17) is 0 Å². The maximum Gasteiger partial charge on any atom is 0.224 e. The number of hydrogen-bond acceptors (Lipinski definition) is 3. The van der Waals surface area contributed by atoms with E-state index in [1.165, 1.54) is 4.88 Å². The van der Waals surface area contributed by atoms with Crippen molar-refractivity contribution in [3.05, 3.63) is 46.7 Å². The molecule has 0 atom stereocenters. The van der Waals surface area contributed by atoms with Gasteiger partial charge in [0.25, 0.3) is 0 Å². The number of nitrogens with zero attached hydrogens (tertiary/aromatic N) is 1. The standard InChI is InChI=1S/C17H22N2OS/c1-19(2)15-11-9-14(10-12-15)18-17(20)8-4-3-6-16-7-5-13-21-16/h5,7,9-13H,3-4,6,8H2,1-2H3,(H,18,20). The van der Waals surface area contributed by atoms with Gasteiger partial charge in [-0.1, -0.05) is 6.07 Å². The monoisotopic (exact) mass is 302 g/mol. The van der Waals surface area contributed by atoms with E-state index in [2.05, 4.69) is 22.8 Å². The summed E-state index contributed by atoms with van der Waals surface area (Å²) in [5.41, 5.74) is 1.99. The van der Waals surface area contributed by atoms with Gasteiger partial charge in [0.2, 0.25) is 5.91 Å². The second-order valence-corrected chi connectivity index (χ2v) is 6.31. The summed E-state index contributed by atoms with van der Waals surface area (Å²) < 4.78 is 0. The van der Waals surface area contributed by atoms with E-state index in [1.807, 2.05) is 43.3 Å². The van der Waals surface area contributed by atoms with Gasteiger partial charge in [-0.15, -0.1) is 11.3 Å². The molecule has 0 spiro atoms. The van der Waals surface area contributed by atoms with Crippen molar-refractivity contribution in [1.82, 2.24) is 0 Å². The van der Waals surface area contributed by atoms with E-state index < -0.39 is 0 Å². The minimum absolute atomic E-state index is 0.0961. The highest BCUT2D eigenvalue weighted by atomic mass is 32.1. The van der Waals surface area contributed by atoms with Crippen LogP contribution in [0.5, 0.6) is 0 Å². The smallest absolute Gasteiger partial charge is 0.224 e. The lowest BCUT2D eigenvalue weighted by Gasteiger charge is -2.13. The first-order valence-corrected chi connectivity index (χ1v) is 8.13. The second kappa shape index (κ2) is 7.84. The summed E-state index contributed by atoms with van der Waals surface area (Å²) in [6.07, 6.45) is 3.65. The van der Waals surface area contributed by atoms with Crippen molar-refractivity contribution >= 4 is 28.6 Å². The van der Waals surface area contributed by atoms with Crippen LogP contribution in [0.3, 0.4) is 0 Å². The SMILES string of the molecule is CN(C)c1ccc(NC(=O)CCCCc2cccs2)cc1. The third-order valence-corrected chi connectivity index (χ3v) is 4.26. The van der Waals surface area contributed by atoms with Crippen LogP contribution in [0.15, 0.2) is 41.8 Å². The molecule has 1 aromatic carbocycles. The molecule has 1 heterocycles.